The summed E-state index contributed by atoms with van der Waals surface area (Å²) in [4.78, 5) is 27.8. The van der Waals surface area contributed by atoms with Crippen molar-refractivity contribution < 1.29 is 50.1 Å². The number of benzene rings is 4. The van der Waals surface area contributed by atoms with Crippen LogP contribution in [-0.2, 0) is 49.2 Å². The van der Waals surface area contributed by atoms with Crippen molar-refractivity contribution in [1.82, 2.24) is 39.5 Å². The van der Waals surface area contributed by atoms with Gasteiger partial charge in [-0.25, -0.2) is 31.1 Å². The van der Waals surface area contributed by atoms with E-state index in [1.165, 1.54) is 40.4 Å². The van der Waals surface area contributed by atoms with Crippen LogP contribution in [0.2, 0.25) is 0 Å². The Bertz CT molecular complexity index is 2710. The molecule has 1 fully saturated rings. The van der Waals surface area contributed by atoms with E-state index in [0.717, 1.165) is 5.56 Å². The number of rotatable bonds is 16. The lowest BCUT2D eigenvalue weighted by molar-refractivity contribution is 0.0281. The number of ether oxygens (including phenoxy) is 5. The Morgan fingerprint density at radius 3 is 1.70 bits per heavy atom. The molecule has 1 aliphatic heterocycles. The number of hydrogen-bond acceptors (Lipinski definition) is 14. The van der Waals surface area contributed by atoms with Crippen LogP contribution in [0.3, 0.4) is 0 Å². The molecule has 6 rings (SSSR count). The van der Waals surface area contributed by atoms with Gasteiger partial charge < -0.3 is 33.9 Å². The Morgan fingerprint density at radius 2 is 1.21 bits per heavy atom. The lowest BCUT2D eigenvalue weighted by Crippen LogP contribution is -2.52. The third-order valence-corrected chi connectivity index (χ3v) is 14.6. The van der Waals surface area contributed by atoms with Crippen LogP contribution >= 0.6 is 22.6 Å². The molecule has 2 atom stereocenters. The predicted octanol–water partition coefficient (Wildman–Crippen LogP) is 6.20. The van der Waals surface area contributed by atoms with Crippen molar-refractivity contribution in [2.24, 2.45) is 0 Å². The maximum absolute atomic E-state index is 15.8. The van der Waals surface area contributed by atoms with Gasteiger partial charge in [0.15, 0.2) is 0 Å². The molecule has 1 saturated heterocycles. The predicted molar refractivity (Wildman–Crippen MR) is 256 cm³/mol. The number of carbonyl (C=O) groups excluding carboxylic acids is 2. The first-order valence-corrected chi connectivity index (χ1v) is 25.0. The molecule has 5 aromatic rings. The summed E-state index contributed by atoms with van der Waals surface area (Å²) in [5.41, 5.74) is 0.00387. The lowest BCUT2D eigenvalue weighted by atomic mass is 10.2. The maximum Gasteiger partial charge on any atom is 0.410 e. The van der Waals surface area contributed by atoms with Crippen molar-refractivity contribution in [2.75, 3.05) is 34.4 Å². The minimum Gasteiger partial charge on any atom is -0.497 e. The minimum absolute atomic E-state index is 0.121. The number of alkyl carbamates (subject to hydrolysis) is 1. The fourth-order valence-corrected chi connectivity index (χ4v) is 11.6. The Kier molecular flexibility index (Phi) is 15.7. The normalized spacial score (nSPS) is 15.6. The summed E-state index contributed by atoms with van der Waals surface area (Å²) in [6, 6.07) is 21.2. The molecule has 2 N–H and O–H groups in total. The SMILES string of the molecule is COc1ccc(CN(Cc2ccc(OC)cc2)S(=O)(=O)c2c(S(=O)(=O)N[C@@H]3CN(C(=O)OC(C)(C)C)C[C@@H]3NC(=O)OC(C)(C)C)ccc(I)c2-c2nnn(Cc3ccc(OC)cc3)n2)cc1. The number of hydrogen-bond donors (Lipinski definition) is 2. The standard InChI is InChI=1S/C45H55IN8O11S2/c1-44(2,3)64-42(55)47-36-27-52(43(56)65-45(4,5)6)28-37(36)50-66(57,58)38-23-22-35(46)39(41-48-51-54(49-41)26-31-14-20-34(63-9)21-15-31)40(38)67(59,60)53(24-29-10-16-32(61-7)17-11-29)25-30-12-18-33(62-8)19-13-30/h10-23,36-37,50H,24-28H2,1-9H3,(H,47,55)/t36-,37+/m0/s1. The lowest BCUT2D eigenvalue weighted by Gasteiger charge is -2.27. The highest BCUT2D eigenvalue weighted by molar-refractivity contribution is 14.1. The summed E-state index contributed by atoms with van der Waals surface area (Å²) in [7, 11) is -5.20. The molecule has 360 valence electrons. The number of nitrogens with zero attached hydrogens (tertiary/aromatic N) is 6. The van der Waals surface area contributed by atoms with Crippen LogP contribution in [0.5, 0.6) is 17.2 Å². The highest BCUT2D eigenvalue weighted by Gasteiger charge is 2.43. The molecule has 0 radical (unpaired) electrons. The van der Waals surface area contributed by atoms with Crippen LogP contribution in [0, 0.1) is 3.57 Å². The molecular weight excluding hydrogens is 1020 g/mol. The third kappa shape index (κ3) is 13.1. The second kappa shape index (κ2) is 20.8. The van der Waals surface area contributed by atoms with E-state index in [-0.39, 0.29) is 44.1 Å². The first kappa shape index (κ1) is 50.8. The molecule has 0 aliphatic carbocycles. The fraction of sp³-hybridized carbons (Fsp3) is 0.400. The summed E-state index contributed by atoms with van der Waals surface area (Å²) in [6.45, 7) is 9.38. The summed E-state index contributed by atoms with van der Waals surface area (Å²) >= 11 is 1.92. The van der Waals surface area contributed by atoms with Gasteiger partial charge in [-0.2, -0.15) is 9.10 Å². The van der Waals surface area contributed by atoms with Crippen LogP contribution < -0.4 is 24.2 Å². The van der Waals surface area contributed by atoms with Gasteiger partial charge in [-0.1, -0.05) is 36.4 Å². The minimum atomic E-state index is -4.90. The van der Waals surface area contributed by atoms with E-state index in [1.54, 1.807) is 109 Å². The molecule has 2 amide bonds. The second-order valence-corrected chi connectivity index (χ2v) is 22.3. The molecular formula is C45H55IN8O11S2. The molecule has 4 aromatic carbocycles. The number of amides is 2. The Hall–Kier alpha value is -5.56. The number of methoxy groups -OCH3 is 3. The second-order valence-electron chi connectivity index (χ2n) is 17.6. The topological polar surface area (TPSA) is 223 Å². The number of sulfonamides is 2. The smallest absolute Gasteiger partial charge is 0.410 e. The molecule has 1 aromatic heterocycles. The van der Waals surface area contributed by atoms with Gasteiger partial charge in [0.25, 0.3) is 0 Å². The van der Waals surface area contributed by atoms with Crippen LogP contribution in [-0.4, -0.2) is 116 Å². The zero-order chi connectivity index (χ0) is 48.9. The number of halogens is 1. The van der Waals surface area contributed by atoms with E-state index in [0.29, 0.717) is 31.9 Å². The van der Waals surface area contributed by atoms with Crippen molar-refractivity contribution in [3.8, 4) is 28.6 Å². The average molecular weight is 1080 g/mol. The van der Waals surface area contributed by atoms with E-state index >= 15 is 16.8 Å². The Morgan fingerprint density at radius 1 is 0.716 bits per heavy atom. The van der Waals surface area contributed by atoms with E-state index in [9.17, 15) is 9.59 Å². The molecule has 0 spiro atoms. The van der Waals surface area contributed by atoms with Gasteiger partial charge in [0.1, 0.15) is 38.2 Å². The summed E-state index contributed by atoms with van der Waals surface area (Å²) in [5, 5.41) is 15.8. The Labute approximate surface area is 404 Å². The van der Waals surface area contributed by atoms with Gasteiger partial charge in [0, 0.05) is 29.7 Å². The highest BCUT2D eigenvalue weighted by atomic mass is 127. The molecule has 19 nitrogen and oxygen atoms in total. The van der Waals surface area contributed by atoms with Gasteiger partial charge in [0.2, 0.25) is 25.9 Å². The number of likely N-dealkylation sites (tertiary alicyclic amines) is 1. The highest BCUT2D eigenvalue weighted by Crippen LogP contribution is 2.38. The number of carbonyl (C=O) groups is 2. The molecule has 0 unspecified atom stereocenters. The van der Waals surface area contributed by atoms with Gasteiger partial charge in [-0.05, 0) is 135 Å². The molecule has 0 bridgehead atoms. The summed E-state index contributed by atoms with van der Waals surface area (Å²) in [6.07, 6.45) is -1.61. The van der Waals surface area contributed by atoms with Gasteiger partial charge in [-0.15, -0.1) is 10.2 Å². The molecule has 2 heterocycles. The van der Waals surface area contributed by atoms with Gasteiger partial charge in [0.05, 0.1) is 45.5 Å². The van der Waals surface area contributed by atoms with Crippen LogP contribution in [0.1, 0.15) is 58.2 Å². The monoisotopic (exact) mass is 1070 g/mol. The van der Waals surface area contributed by atoms with Crippen molar-refractivity contribution in [3.05, 3.63) is 105 Å². The number of nitrogens with one attached hydrogen (secondary N) is 2. The van der Waals surface area contributed by atoms with Crippen molar-refractivity contribution in [1.29, 1.82) is 0 Å². The fourth-order valence-electron chi connectivity index (χ4n) is 7.01. The van der Waals surface area contributed by atoms with E-state index in [2.05, 4.69) is 25.4 Å². The first-order chi connectivity index (χ1) is 31.5. The summed E-state index contributed by atoms with van der Waals surface area (Å²) in [5.74, 6) is 1.58. The van der Waals surface area contributed by atoms with Crippen molar-refractivity contribution in [2.45, 2.75) is 94.3 Å². The van der Waals surface area contributed by atoms with E-state index < -0.39 is 65.3 Å². The zero-order valence-electron chi connectivity index (χ0n) is 38.6. The molecule has 67 heavy (non-hydrogen) atoms. The number of aromatic nitrogens is 4. The van der Waals surface area contributed by atoms with Crippen LogP contribution in [0.15, 0.2) is 94.7 Å². The summed E-state index contributed by atoms with van der Waals surface area (Å²) < 4.78 is 92.9. The van der Waals surface area contributed by atoms with E-state index in [1.807, 2.05) is 34.7 Å². The molecule has 0 saturated carbocycles. The quantitative estimate of drug-likeness (QED) is 0.105. The molecule has 22 heteroatoms. The number of tetrazole rings is 1. The van der Waals surface area contributed by atoms with Crippen LogP contribution in [0.4, 0.5) is 9.59 Å². The zero-order valence-corrected chi connectivity index (χ0v) is 42.4. The first-order valence-electron chi connectivity index (χ1n) is 21.0. The molecule has 1 aliphatic rings. The largest absolute Gasteiger partial charge is 0.497 e. The van der Waals surface area contributed by atoms with Crippen LogP contribution in [0.25, 0.3) is 11.4 Å². The van der Waals surface area contributed by atoms with Gasteiger partial charge >= 0.3 is 12.2 Å². The average Bonchev–Trinajstić information content (AvgIpc) is 3.88. The third-order valence-electron chi connectivity index (χ3n) is 10.1. The van der Waals surface area contributed by atoms with Crippen molar-refractivity contribution in [3.63, 3.8) is 0 Å². The Balaban J connectivity index is 1.50. The van der Waals surface area contributed by atoms with Gasteiger partial charge in [-0.3, -0.25) is 0 Å². The maximum atomic E-state index is 15.8. The van der Waals surface area contributed by atoms with Crippen molar-refractivity contribution >= 4 is 54.8 Å². The van der Waals surface area contributed by atoms with E-state index in [4.69, 9.17) is 23.7 Å².